The Morgan fingerprint density at radius 1 is 0.960 bits per heavy atom. The predicted octanol–water partition coefficient (Wildman–Crippen LogP) is 3.55. The molecule has 0 radical (unpaired) electrons. The summed E-state index contributed by atoms with van der Waals surface area (Å²) in [6.07, 6.45) is 0. The van der Waals surface area contributed by atoms with E-state index in [1.165, 1.54) is 6.92 Å². The van der Waals surface area contributed by atoms with Crippen molar-refractivity contribution in [3.8, 4) is 0 Å². The summed E-state index contributed by atoms with van der Waals surface area (Å²) in [4.78, 5) is 26.9. The highest BCUT2D eigenvalue weighted by Crippen LogP contribution is 2.23. The van der Waals surface area contributed by atoms with Gasteiger partial charge in [-0.15, -0.1) is 0 Å². The number of hydrogen-bond donors (Lipinski definition) is 1. The molecule has 4 heteroatoms. The van der Waals surface area contributed by atoms with E-state index in [4.69, 9.17) is 0 Å². The number of rotatable bonds is 7. The van der Waals surface area contributed by atoms with Gasteiger partial charge in [0.1, 0.15) is 6.04 Å². The van der Waals surface area contributed by atoms with Crippen molar-refractivity contribution < 1.29 is 9.59 Å². The SMILES string of the molecule is CC(=O)N(Cc1ccccc1)[C@H](C(=O)NCC(C)C)c1ccccc1. The van der Waals surface area contributed by atoms with Crippen LogP contribution in [0.25, 0.3) is 0 Å². The van der Waals surface area contributed by atoms with Crippen molar-refractivity contribution in [3.05, 3.63) is 71.8 Å². The van der Waals surface area contributed by atoms with Crippen LogP contribution >= 0.6 is 0 Å². The van der Waals surface area contributed by atoms with Crippen LogP contribution in [0.5, 0.6) is 0 Å². The Morgan fingerprint density at radius 3 is 2.04 bits per heavy atom. The second kappa shape index (κ2) is 9.02. The van der Waals surface area contributed by atoms with E-state index in [-0.39, 0.29) is 11.8 Å². The first-order valence-electron chi connectivity index (χ1n) is 8.63. The molecule has 0 spiro atoms. The maximum atomic E-state index is 12.9. The van der Waals surface area contributed by atoms with Gasteiger partial charge in [-0.3, -0.25) is 9.59 Å². The first kappa shape index (κ1) is 18.7. The zero-order valence-electron chi connectivity index (χ0n) is 15.1. The van der Waals surface area contributed by atoms with Crippen molar-refractivity contribution in [1.29, 1.82) is 0 Å². The highest BCUT2D eigenvalue weighted by Gasteiger charge is 2.29. The fourth-order valence-corrected chi connectivity index (χ4v) is 2.67. The van der Waals surface area contributed by atoms with E-state index in [9.17, 15) is 9.59 Å². The molecule has 0 heterocycles. The molecule has 0 aliphatic carbocycles. The van der Waals surface area contributed by atoms with Gasteiger partial charge in [0.2, 0.25) is 11.8 Å². The van der Waals surface area contributed by atoms with E-state index in [0.29, 0.717) is 19.0 Å². The van der Waals surface area contributed by atoms with E-state index >= 15 is 0 Å². The van der Waals surface area contributed by atoms with E-state index in [2.05, 4.69) is 5.32 Å². The number of carbonyl (C=O) groups excluding carboxylic acids is 2. The van der Waals surface area contributed by atoms with Crippen LogP contribution in [0.2, 0.25) is 0 Å². The molecule has 0 bridgehead atoms. The highest BCUT2D eigenvalue weighted by molar-refractivity contribution is 5.88. The molecule has 0 aliphatic heterocycles. The van der Waals surface area contributed by atoms with E-state index in [1.807, 2.05) is 74.5 Å². The van der Waals surface area contributed by atoms with Crippen LogP contribution in [0.15, 0.2) is 60.7 Å². The Hall–Kier alpha value is -2.62. The Morgan fingerprint density at radius 2 is 1.52 bits per heavy atom. The standard InChI is InChI=1S/C21H26N2O2/c1-16(2)14-22-21(25)20(19-12-8-5-9-13-19)23(17(3)24)15-18-10-6-4-7-11-18/h4-13,16,20H,14-15H2,1-3H3,(H,22,25)/t20-/m0/s1. The normalized spacial score (nSPS) is 11.8. The van der Waals surface area contributed by atoms with Crippen LogP contribution in [0.3, 0.4) is 0 Å². The first-order valence-corrected chi connectivity index (χ1v) is 8.63. The molecule has 0 saturated heterocycles. The third-order valence-electron chi connectivity index (χ3n) is 3.96. The van der Waals surface area contributed by atoms with Gasteiger partial charge in [0.15, 0.2) is 0 Å². The molecular formula is C21H26N2O2. The molecule has 0 saturated carbocycles. The van der Waals surface area contributed by atoms with Gasteiger partial charge >= 0.3 is 0 Å². The smallest absolute Gasteiger partial charge is 0.247 e. The van der Waals surface area contributed by atoms with Crippen molar-refractivity contribution in [3.63, 3.8) is 0 Å². The molecule has 1 atom stereocenters. The minimum Gasteiger partial charge on any atom is -0.354 e. The number of nitrogens with one attached hydrogen (secondary N) is 1. The average molecular weight is 338 g/mol. The molecular weight excluding hydrogens is 312 g/mol. The zero-order valence-corrected chi connectivity index (χ0v) is 15.1. The molecule has 0 aliphatic rings. The lowest BCUT2D eigenvalue weighted by Gasteiger charge is -2.31. The molecule has 2 aromatic rings. The summed E-state index contributed by atoms with van der Waals surface area (Å²) in [5.41, 5.74) is 1.81. The van der Waals surface area contributed by atoms with E-state index in [1.54, 1.807) is 4.90 Å². The van der Waals surface area contributed by atoms with E-state index < -0.39 is 6.04 Å². The predicted molar refractivity (Wildman–Crippen MR) is 99.7 cm³/mol. The molecule has 0 aromatic heterocycles. The second-order valence-electron chi connectivity index (χ2n) is 6.58. The Balaban J connectivity index is 2.33. The maximum Gasteiger partial charge on any atom is 0.247 e. The summed E-state index contributed by atoms with van der Waals surface area (Å²) in [6, 6.07) is 18.5. The number of carbonyl (C=O) groups is 2. The molecule has 0 unspecified atom stereocenters. The van der Waals surface area contributed by atoms with Gasteiger partial charge in [-0.05, 0) is 17.0 Å². The molecule has 2 amide bonds. The third kappa shape index (κ3) is 5.45. The van der Waals surface area contributed by atoms with Crippen LogP contribution in [0.1, 0.15) is 37.9 Å². The molecule has 4 nitrogen and oxygen atoms in total. The van der Waals surface area contributed by atoms with Crippen LogP contribution in [0.4, 0.5) is 0 Å². The lowest BCUT2D eigenvalue weighted by molar-refractivity contribution is -0.140. The van der Waals surface area contributed by atoms with Crippen molar-refractivity contribution in [2.24, 2.45) is 5.92 Å². The summed E-state index contributed by atoms with van der Waals surface area (Å²) in [5.74, 6) is 0.0729. The monoisotopic (exact) mass is 338 g/mol. The van der Waals surface area contributed by atoms with Gasteiger partial charge in [-0.2, -0.15) is 0 Å². The Kier molecular flexibility index (Phi) is 6.75. The maximum absolute atomic E-state index is 12.9. The lowest BCUT2D eigenvalue weighted by Crippen LogP contribution is -2.43. The van der Waals surface area contributed by atoms with Gasteiger partial charge in [0.05, 0.1) is 0 Å². The van der Waals surface area contributed by atoms with Crippen LogP contribution in [0, 0.1) is 5.92 Å². The Labute approximate surface area is 149 Å². The Bertz CT molecular complexity index is 684. The van der Waals surface area contributed by atoms with Crippen molar-refractivity contribution in [1.82, 2.24) is 10.2 Å². The van der Waals surface area contributed by atoms with Crippen molar-refractivity contribution >= 4 is 11.8 Å². The first-order chi connectivity index (χ1) is 12.0. The molecule has 0 fully saturated rings. The van der Waals surface area contributed by atoms with Gasteiger partial charge in [-0.25, -0.2) is 0 Å². The molecule has 25 heavy (non-hydrogen) atoms. The van der Waals surface area contributed by atoms with Gasteiger partial charge in [0, 0.05) is 20.0 Å². The quantitative estimate of drug-likeness (QED) is 0.839. The lowest BCUT2D eigenvalue weighted by atomic mass is 10.0. The minimum absolute atomic E-state index is 0.127. The third-order valence-corrected chi connectivity index (χ3v) is 3.96. The molecule has 1 N–H and O–H groups in total. The summed E-state index contributed by atoms with van der Waals surface area (Å²) in [7, 11) is 0. The molecule has 132 valence electrons. The molecule has 2 aromatic carbocycles. The fourth-order valence-electron chi connectivity index (χ4n) is 2.67. The van der Waals surface area contributed by atoms with E-state index in [0.717, 1.165) is 11.1 Å². The van der Waals surface area contributed by atoms with Crippen LogP contribution in [-0.2, 0) is 16.1 Å². The van der Waals surface area contributed by atoms with Crippen molar-refractivity contribution in [2.75, 3.05) is 6.54 Å². The summed E-state index contributed by atoms with van der Waals surface area (Å²) in [5, 5.41) is 2.97. The topological polar surface area (TPSA) is 49.4 Å². The van der Waals surface area contributed by atoms with Crippen LogP contribution < -0.4 is 5.32 Å². The fraction of sp³-hybridized carbons (Fsp3) is 0.333. The van der Waals surface area contributed by atoms with Crippen LogP contribution in [-0.4, -0.2) is 23.3 Å². The van der Waals surface area contributed by atoms with Gasteiger partial charge in [0.25, 0.3) is 0 Å². The average Bonchev–Trinajstić information content (AvgIpc) is 2.61. The van der Waals surface area contributed by atoms with Crippen molar-refractivity contribution in [2.45, 2.75) is 33.4 Å². The number of hydrogen-bond acceptors (Lipinski definition) is 2. The van der Waals surface area contributed by atoms with Gasteiger partial charge < -0.3 is 10.2 Å². The van der Waals surface area contributed by atoms with Gasteiger partial charge in [-0.1, -0.05) is 74.5 Å². The largest absolute Gasteiger partial charge is 0.354 e. The number of nitrogens with zero attached hydrogens (tertiary/aromatic N) is 1. The number of amides is 2. The zero-order chi connectivity index (χ0) is 18.2. The summed E-state index contributed by atoms with van der Waals surface area (Å²) < 4.78 is 0. The molecule has 2 rings (SSSR count). The number of benzene rings is 2. The highest BCUT2D eigenvalue weighted by atomic mass is 16.2. The summed E-state index contributed by atoms with van der Waals surface area (Å²) in [6.45, 7) is 6.58. The second-order valence-corrected chi connectivity index (χ2v) is 6.58. The summed E-state index contributed by atoms with van der Waals surface area (Å²) >= 11 is 0. The minimum atomic E-state index is -0.641.